The first kappa shape index (κ1) is 47.5. The number of ether oxygens (including phenoxy) is 2. The molecule has 0 N–H and O–H groups in total. The summed E-state index contributed by atoms with van der Waals surface area (Å²) in [6, 6.07) is 3.60. The third-order valence-electron chi connectivity index (χ3n) is 8.50. The van der Waals surface area contributed by atoms with Gasteiger partial charge in [0, 0.05) is 0 Å². The number of esters is 2. The molecule has 49 heavy (non-hydrogen) atoms. The molecule has 0 aliphatic rings. The minimum Gasteiger partial charge on any atom is -0.744 e. The third kappa shape index (κ3) is 25.2. The molecule has 0 saturated carbocycles. The van der Waals surface area contributed by atoms with Gasteiger partial charge in [0.2, 0.25) is 0 Å². The number of carbonyl (C=O) groups is 2. The summed E-state index contributed by atoms with van der Waals surface area (Å²) >= 11 is 0. The van der Waals surface area contributed by atoms with Gasteiger partial charge in [-0.25, -0.2) is 18.0 Å². The van der Waals surface area contributed by atoms with Crippen molar-refractivity contribution in [3.05, 3.63) is 53.6 Å². The molecular weight excluding hydrogens is 647 g/mol. The van der Waals surface area contributed by atoms with Crippen molar-refractivity contribution in [3.63, 3.8) is 0 Å². The molecule has 1 aromatic carbocycles. The summed E-state index contributed by atoms with van der Waals surface area (Å²) < 4.78 is 46.5. The minimum atomic E-state index is -5.01. The Kier molecular flexibility index (Phi) is 31.5. The maximum absolute atomic E-state index is 12.9. The van der Waals surface area contributed by atoms with E-state index in [0.29, 0.717) is 12.8 Å². The van der Waals surface area contributed by atoms with Crippen molar-refractivity contribution >= 4 is 22.1 Å². The smallest absolute Gasteiger partial charge is 0.744 e. The maximum Gasteiger partial charge on any atom is 1.00 e. The van der Waals surface area contributed by atoms with Crippen LogP contribution in [0.5, 0.6) is 0 Å². The Morgan fingerprint density at radius 1 is 0.571 bits per heavy atom. The van der Waals surface area contributed by atoms with E-state index in [-0.39, 0.29) is 48.3 Å². The molecule has 0 radical (unpaired) electrons. The van der Waals surface area contributed by atoms with E-state index >= 15 is 0 Å². The van der Waals surface area contributed by atoms with E-state index in [1.54, 1.807) is 0 Å². The standard InChI is InChI=1S/C40H66O7S.Na/c1-3-5-7-9-11-13-15-17-19-21-23-25-27-29-34-46-39(41)36-32-31-33-37(48(43,44)45)38(36)40(42)47-35-30-28-26-24-22-20-18-16-14-12-10-8-6-4-2;/h13-16,31-33H,3-12,17-30,34-35H2,1-2H3,(H,43,44,45);/q;+1/p-1/b15-13+,16-14+;. The normalized spacial score (nSPS) is 11.7. The van der Waals surface area contributed by atoms with Crippen LogP contribution >= 0.6 is 0 Å². The van der Waals surface area contributed by atoms with Gasteiger partial charge < -0.3 is 14.0 Å². The molecule has 0 aliphatic heterocycles. The van der Waals surface area contributed by atoms with Crippen LogP contribution in [0.3, 0.4) is 0 Å². The SMILES string of the molecule is CCCCCC/C=C/CCCCCCCCOC(=O)c1cccc(S(=O)(=O)[O-])c1C(=O)OCCCCCCCC/C=C/CCCCCC.[Na+]. The van der Waals surface area contributed by atoms with Crippen LogP contribution in [-0.4, -0.2) is 38.1 Å². The first-order valence-corrected chi connectivity index (χ1v) is 20.5. The molecule has 0 atom stereocenters. The molecule has 0 aromatic heterocycles. The van der Waals surface area contributed by atoms with E-state index < -0.39 is 32.5 Å². The quantitative estimate of drug-likeness (QED) is 0.0250. The molecule has 1 rings (SSSR count). The fourth-order valence-corrected chi connectivity index (χ4v) is 6.28. The molecule has 0 saturated heterocycles. The van der Waals surface area contributed by atoms with Crippen LogP contribution in [0.1, 0.15) is 189 Å². The van der Waals surface area contributed by atoms with Crippen molar-refractivity contribution in [1.29, 1.82) is 0 Å². The second-order valence-corrected chi connectivity index (χ2v) is 14.2. The second-order valence-electron chi connectivity index (χ2n) is 12.9. The van der Waals surface area contributed by atoms with Gasteiger partial charge in [-0.2, -0.15) is 0 Å². The van der Waals surface area contributed by atoms with Crippen LogP contribution in [0.15, 0.2) is 47.4 Å². The van der Waals surface area contributed by atoms with Gasteiger partial charge in [0.25, 0.3) is 0 Å². The number of hydrogen-bond acceptors (Lipinski definition) is 7. The molecule has 7 nitrogen and oxygen atoms in total. The van der Waals surface area contributed by atoms with E-state index in [4.69, 9.17) is 9.47 Å². The zero-order valence-corrected chi connectivity index (χ0v) is 34.0. The number of unbranched alkanes of at least 4 members (excludes halogenated alkanes) is 20. The summed E-state index contributed by atoms with van der Waals surface area (Å²) in [6.07, 6.45) is 36.1. The molecule has 0 spiro atoms. The number of benzene rings is 1. The predicted octanol–water partition coefficient (Wildman–Crippen LogP) is 8.42. The summed E-state index contributed by atoms with van der Waals surface area (Å²) in [6.45, 7) is 4.68. The number of hydrogen-bond donors (Lipinski definition) is 0. The minimum absolute atomic E-state index is 0. The average Bonchev–Trinajstić information content (AvgIpc) is 3.07. The summed E-state index contributed by atoms with van der Waals surface area (Å²) in [4.78, 5) is 25.0. The van der Waals surface area contributed by atoms with E-state index in [9.17, 15) is 22.6 Å². The van der Waals surface area contributed by atoms with Crippen LogP contribution in [0.4, 0.5) is 0 Å². The van der Waals surface area contributed by atoms with Crippen molar-refractivity contribution in [2.45, 2.75) is 173 Å². The summed E-state index contributed by atoms with van der Waals surface area (Å²) in [5.74, 6) is -1.83. The van der Waals surface area contributed by atoms with Crippen molar-refractivity contribution in [3.8, 4) is 0 Å². The summed E-state index contributed by atoms with van der Waals surface area (Å²) in [5, 5.41) is 0. The van der Waals surface area contributed by atoms with Crippen LogP contribution < -0.4 is 29.6 Å². The fourth-order valence-electron chi connectivity index (χ4n) is 5.59. The Balaban J connectivity index is 0.0000230. The van der Waals surface area contributed by atoms with Gasteiger partial charge in [-0.15, -0.1) is 0 Å². The van der Waals surface area contributed by atoms with Crippen LogP contribution in [0.2, 0.25) is 0 Å². The largest absolute Gasteiger partial charge is 1.00 e. The first-order chi connectivity index (χ1) is 23.3. The van der Waals surface area contributed by atoms with Gasteiger partial charge in [-0.05, 0) is 76.3 Å². The zero-order chi connectivity index (χ0) is 35.1. The molecule has 274 valence electrons. The number of rotatable bonds is 31. The summed E-state index contributed by atoms with van der Waals surface area (Å²) in [7, 11) is -5.01. The van der Waals surface area contributed by atoms with Crippen LogP contribution in [0, 0.1) is 0 Å². The predicted molar refractivity (Wildman–Crippen MR) is 195 cm³/mol. The van der Waals surface area contributed by atoms with E-state index in [1.807, 2.05) is 0 Å². The van der Waals surface area contributed by atoms with E-state index in [0.717, 1.165) is 70.3 Å². The van der Waals surface area contributed by atoms with E-state index in [2.05, 4.69) is 38.2 Å². The van der Waals surface area contributed by atoms with Crippen LogP contribution in [-0.2, 0) is 19.6 Å². The topological polar surface area (TPSA) is 110 Å². The van der Waals surface area contributed by atoms with Crippen LogP contribution in [0.25, 0.3) is 0 Å². The maximum atomic E-state index is 12.9. The van der Waals surface area contributed by atoms with E-state index in [1.165, 1.54) is 89.2 Å². The van der Waals surface area contributed by atoms with Gasteiger partial charge in [-0.3, -0.25) is 0 Å². The van der Waals surface area contributed by atoms with Crippen molar-refractivity contribution < 1.29 is 61.6 Å². The Hall–Kier alpha value is -1.45. The van der Waals surface area contributed by atoms with Gasteiger partial charge in [0.05, 0.1) is 29.2 Å². The Labute approximate surface area is 321 Å². The molecule has 0 aliphatic carbocycles. The van der Waals surface area contributed by atoms with Gasteiger partial charge >= 0.3 is 41.5 Å². The van der Waals surface area contributed by atoms with Crippen molar-refractivity contribution in [2.75, 3.05) is 13.2 Å². The van der Waals surface area contributed by atoms with Gasteiger partial charge in [0.1, 0.15) is 10.1 Å². The Morgan fingerprint density at radius 3 is 1.35 bits per heavy atom. The second kappa shape index (κ2) is 32.5. The fraction of sp³-hybridized carbons (Fsp3) is 0.700. The average molecular weight is 713 g/mol. The van der Waals surface area contributed by atoms with Gasteiger partial charge in [0.15, 0.2) is 0 Å². The van der Waals surface area contributed by atoms with Gasteiger partial charge in [-0.1, -0.05) is 134 Å². The molecule has 0 heterocycles. The molecule has 0 unspecified atom stereocenters. The molecule has 9 heteroatoms. The molecule has 0 bridgehead atoms. The molecular formula is C40H65NaO7S. The molecule has 1 aromatic rings. The number of carbonyl (C=O) groups excluding carboxylic acids is 2. The molecule has 0 amide bonds. The Morgan fingerprint density at radius 2 is 0.939 bits per heavy atom. The monoisotopic (exact) mass is 712 g/mol. The zero-order valence-electron chi connectivity index (χ0n) is 31.2. The van der Waals surface area contributed by atoms with Crippen molar-refractivity contribution in [2.24, 2.45) is 0 Å². The Bertz CT molecular complexity index is 1150. The first-order valence-electron chi connectivity index (χ1n) is 19.1. The number of allylic oxidation sites excluding steroid dienone is 4. The molecule has 0 fully saturated rings. The van der Waals surface area contributed by atoms with Crippen molar-refractivity contribution in [1.82, 2.24) is 0 Å². The third-order valence-corrected chi connectivity index (χ3v) is 9.38. The summed E-state index contributed by atoms with van der Waals surface area (Å²) in [5.41, 5.74) is -0.795.